The lowest BCUT2D eigenvalue weighted by Gasteiger charge is -2.38. The van der Waals surface area contributed by atoms with Gasteiger partial charge in [0.1, 0.15) is 6.10 Å². The molecule has 28 heavy (non-hydrogen) atoms. The summed E-state index contributed by atoms with van der Waals surface area (Å²) >= 11 is 0. The highest BCUT2D eigenvalue weighted by molar-refractivity contribution is 5.95. The van der Waals surface area contributed by atoms with Crippen LogP contribution in [0.1, 0.15) is 10.4 Å². The monoisotopic (exact) mass is 369 g/mol. The molecule has 0 aliphatic carbocycles. The molecule has 0 saturated carbocycles. The summed E-state index contributed by atoms with van der Waals surface area (Å²) in [5, 5.41) is 1.09. The molecule has 0 unspecified atom stereocenters. The molecule has 1 fully saturated rings. The standard InChI is InChI=1S/C23H19N3O2/c27-23(18-7-10-19(11-8-18)25-13-3-4-14-25)26-15-20(16-26)28-22-12-9-17-5-1-2-6-21(17)24-22/h1-14,20H,15-16H2. The average Bonchev–Trinajstić information content (AvgIpc) is 3.25. The Morgan fingerprint density at radius 2 is 1.64 bits per heavy atom. The summed E-state index contributed by atoms with van der Waals surface area (Å²) < 4.78 is 7.95. The van der Waals surface area contributed by atoms with Gasteiger partial charge in [0, 0.05) is 35.1 Å². The minimum absolute atomic E-state index is 0.0169. The van der Waals surface area contributed by atoms with E-state index in [0.29, 0.717) is 24.5 Å². The second kappa shape index (κ2) is 6.85. The van der Waals surface area contributed by atoms with Crippen LogP contribution in [0.4, 0.5) is 0 Å². The smallest absolute Gasteiger partial charge is 0.254 e. The van der Waals surface area contributed by atoms with Crippen molar-refractivity contribution in [3.05, 3.63) is 90.8 Å². The van der Waals surface area contributed by atoms with Crippen molar-refractivity contribution in [3.63, 3.8) is 0 Å². The summed E-state index contributed by atoms with van der Waals surface area (Å²) in [6, 6.07) is 23.4. The zero-order valence-corrected chi connectivity index (χ0v) is 15.2. The Bertz CT molecular complexity index is 1110. The van der Waals surface area contributed by atoms with E-state index in [1.165, 1.54) is 0 Å². The largest absolute Gasteiger partial charge is 0.471 e. The number of carbonyl (C=O) groups excluding carboxylic acids is 1. The first-order chi connectivity index (χ1) is 13.8. The normalized spacial score (nSPS) is 14.1. The fraction of sp³-hybridized carbons (Fsp3) is 0.130. The Morgan fingerprint density at radius 1 is 0.893 bits per heavy atom. The van der Waals surface area contributed by atoms with Gasteiger partial charge in [0.2, 0.25) is 5.88 Å². The van der Waals surface area contributed by atoms with Gasteiger partial charge in [-0.25, -0.2) is 4.98 Å². The van der Waals surface area contributed by atoms with Crippen molar-refractivity contribution in [3.8, 4) is 11.6 Å². The van der Waals surface area contributed by atoms with Gasteiger partial charge >= 0.3 is 0 Å². The molecule has 4 aromatic rings. The number of likely N-dealkylation sites (tertiary alicyclic amines) is 1. The third kappa shape index (κ3) is 3.11. The Morgan fingerprint density at radius 3 is 2.43 bits per heavy atom. The number of nitrogens with zero attached hydrogens (tertiary/aromatic N) is 3. The summed E-state index contributed by atoms with van der Waals surface area (Å²) in [7, 11) is 0. The molecule has 2 aromatic heterocycles. The van der Waals surface area contributed by atoms with E-state index in [0.717, 1.165) is 16.6 Å². The Labute approximate surface area is 162 Å². The summed E-state index contributed by atoms with van der Waals surface area (Å²) in [4.78, 5) is 19.0. The number of benzene rings is 2. The third-order valence-corrected chi connectivity index (χ3v) is 5.01. The molecule has 1 amide bonds. The number of hydrogen-bond donors (Lipinski definition) is 0. The molecule has 0 spiro atoms. The maximum atomic E-state index is 12.6. The summed E-state index contributed by atoms with van der Waals surface area (Å²) in [6.07, 6.45) is 3.95. The summed E-state index contributed by atoms with van der Waals surface area (Å²) in [5.41, 5.74) is 2.64. The van der Waals surface area contributed by atoms with Crippen LogP contribution in [0.3, 0.4) is 0 Å². The van der Waals surface area contributed by atoms with Crippen LogP contribution in [0.25, 0.3) is 16.6 Å². The van der Waals surface area contributed by atoms with Crippen molar-refractivity contribution in [2.45, 2.75) is 6.10 Å². The lowest BCUT2D eigenvalue weighted by molar-refractivity contribution is 0.0161. The third-order valence-electron chi connectivity index (χ3n) is 5.01. The number of rotatable bonds is 4. The molecule has 5 rings (SSSR count). The van der Waals surface area contributed by atoms with Gasteiger partial charge in [-0.05, 0) is 48.5 Å². The molecule has 1 saturated heterocycles. The second-order valence-electron chi connectivity index (χ2n) is 6.93. The van der Waals surface area contributed by atoms with Crippen LogP contribution >= 0.6 is 0 Å². The van der Waals surface area contributed by atoms with Gasteiger partial charge in [-0.3, -0.25) is 4.79 Å². The van der Waals surface area contributed by atoms with E-state index in [2.05, 4.69) is 4.98 Å². The second-order valence-corrected chi connectivity index (χ2v) is 6.93. The molecular formula is C23H19N3O2. The maximum absolute atomic E-state index is 12.6. The number of carbonyl (C=O) groups is 1. The maximum Gasteiger partial charge on any atom is 0.254 e. The summed E-state index contributed by atoms with van der Waals surface area (Å²) in [6.45, 7) is 1.15. The fourth-order valence-corrected chi connectivity index (χ4v) is 3.43. The zero-order chi connectivity index (χ0) is 18.9. The van der Waals surface area contributed by atoms with E-state index < -0.39 is 0 Å². The number of fused-ring (bicyclic) bond motifs is 1. The van der Waals surface area contributed by atoms with Crippen LogP contribution in [-0.4, -0.2) is 39.6 Å². The van der Waals surface area contributed by atoms with Crippen LogP contribution in [-0.2, 0) is 0 Å². The zero-order valence-electron chi connectivity index (χ0n) is 15.2. The van der Waals surface area contributed by atoms with Gasteiger partial charge < -0.3 is 14.2 Å². The Kier molecular flexibility index (Phi) is 4.05. The van der Waals surface area contributed by atoms with Crippen molar-refractivity contribution >= 4 is 16.8 Å². The van der Waals surface area contributed by atoms with Crippen molar-refractivity contribution in [1.82, 2.24) is 14.5 Å². The van der Waals surface area contributed by atoms with Crippen LogP contribution in [0.15, 0.2) is 85.2 Å². The molecule has 5 nitrogen and oxygen atoms in total. The van der Waals surface area contributed by atoms with E-state index in [9.17, 15) is 4.79 Å². The molecule has 0 atom stereocenters. The van der Waals surface area contributed by atoms with Crippen molar-refractivity contribution in [2.75, 3.05) is 13.1 Å². The van der Waals surface area contributed by atoms with Crippen molar-refractivity contribution < 1.29 is 9.53 Å². The van der Waals surface area contributed by atoms with Crippen LogP contribution in [0, 0.1) is 0 Å². The highest BCUT2D eigenvalue weighted by Gasteiger charge is 2.33. The van der Waals surface area contributed by atoms with Gasteiger partial charge in [-0.2, -0.15) is 0 Å². The Balaban J connectivity index is 1.20. The highest BCUT2D eigenvalue weighted by atomic mass is 16.5. The van der Waals surface area contributed by atoms with E-state index in [4.69, 9.17) is 4.74 Å². The molecule has 5 heteroatoms. The molecule has 138 valence electrons. The number of ether oxygens (including phenoxy) is 1. The van der Waals surface area contributed by atoms with Gasteiger partial charge in [-0.1, -0.05) is 18.2 Å². The molecule has 1 aliphatic heterocycles. The predicted octanol–water partition coefficient (Wildman–Crippen LogP) is 3.93. The van der Waals surface area contributed by atoms with Crippen molar-refractivity contribution in [1.29, 1.82) is 0 Å². The van der Waals surface area contributed by atoms with Crippen LogP contribution in [0.2, 0.25) is 0 Å². The molecule has 0 N–H and O–H groups in total. The number of pyridine rings is 1. The Hall–Kier alpha value is -3.60. The molecular weight excluding hydrogens is 350 g/mol. The highest BCUT2D eigenvalue weighted by Crippen LogP contribution is 2.22. The minimum Gasteiger partial charge on any atom is -0.471 e. The first-order valence-corrected chi connectivity index (χ1v) is 9.31. The number of hydrogen-bond acceptors (Lipinski definition) is 3. The quantitative estimate of drug-likeness (QED) is 0.548. The van der Waals surface area contributed by atoms with Gasteiger partial charge in [-0.15, -0.1) is 0 Å². The van der Waals surface area contributed by atoms with Gasteiger partial charge in [0.15, 0.2) is 0 Å². The minimum atomic E-state index is -0.0169. The molecule has 1 aliphatic rings. The molecule has 3 heterocycles. The number of amides is 1. The lowest BCUT2D eigenvalue weighted by atomic mass is 10.1. The molecule has 0 radical (unpaired) electrons. The van der Waals surface area contributed by atoms with E-state index in [-0.39, 0.29) is 12.0 Å². The predicted molar refractivity (Wildman–Crippen MR) is 108 cm³/mol. The first-order valence-electron chi connectivity index (χ1n) is 9.31. The average molecular weight is 369 g/mol. The van der Waals surface area contributed by atoms with E-state index in [1.54, 1.807) is 4.90 Å². The van der Waals surface area contributed by atoms with E-state index >= 15 is 0 Å². The molecule has 0 bridgehead atoms. The van der Waals surface area contributed by atoms with Crippen LogP contribution < -0.4 is 4.74 Å². The first kappa shape index (κ1) is 16.6. The SMILES string of the molecule is O=C(c1ccc(-n2cccc2)cc1)N1CC(Oc2ccc3ccccc3n2)C1. The van der Waals surface area contributed by atoms with Gasteiger partial charge in [0.25, 0.3) is 5.91 Å². The number of para-hydroxylation sites is 1. The van der Waals surface area contributed by atoms with Crippen LogP contribution in [0.5, 0.6) is 5.88 Å². The molecule has 2 aromatic carbocycles. The summed E-state index contributed by atoms with van der Waals surface area (Å²) in [5.74, 6) is 0.636. The number of aromatic nitrogens is 2. The fourth-order valence-electron chi connectivity index (χ4n) is 3.43. The lowest BCUT2D eigenvalue weighted by Crippen LogP contribution is -2.56. The van der Waals surface area contributed by atoms with Gasteiger partial charge in [0.05, 0.1) is 18.6 Å². The van der Waals surface area contributed by atoms with Crippen molar-refractivity contribution in [2.24, 2.45) is 0 Å². The van der Waals surface area contributed by atoms with E-state index in [1.807, 2.05) is 89.8 Å². The topological polar surface area (TPSA) is 47.4 Å².